The summed E-state index contributed by atoms with van der Waals surface area (Å²) in [7, 11) is 0. The lowest BCUT2D eigenvalue weighted by atomic mass is 9.79. The summed E-state index contributed by atoms with van der Waals surface area (Å²) in [5, 5.41) is 0. The van der Waals surface area contributed by atoms with E-state index >= 15 is 0 Å². The molecular formula is C44H44N2. The molecule has 0 bridgehead atoms. The van der Waals surface area contributed by atoms with E-state index in [0.29, 0.717) is 23.8 Å². The van der Waals surface area contributed by atoms with Crippen LogP contribution in [0.1, 0.15) is 67.6 Å². The summed E-state index contributed by atoms with van der Waals surface area (Å²) in [6.45, 7) is 0. The van der Waals surface area contributed by atoms with Crippen LogP contribution in [0.4, 0.5) is 17.1 Å². The molecule has 3 aromatic carbocycles. The molecule has 4 unspecified atom stereocenters. The minimum Gasteiger partial charge on any atom is -0.339 e. The van der Waals surface area contributed by atoms with Crippen molar-refractivity contribution in [1.82, 2.24) is 0 Å². The van der Waals surface area contributed by atoms with E-state index in [0.717, 1.165) is 44.9 Å². The number of rotatable bonds is 7. The molecule has 4 atom stereocenters. The van der Waals surface area contributed by atoms with Gasteiger partial charge < -0.3 is 9.80 Å². The van der Waals surface area contributed by atoms with Crippen molar-refractivity contribution < 1.29 is 0 Å². The van der Waals surface area contributed by atoms with Crippen molar-refractivity contribution in [1.29, 1.82) is 0 Å². The Labute approximate surface area is 275 Å². The van der Waals surface area contributed by atoms with Crippen LogP contribution in [0, 0.1) is 11.8 Å². The van der Waals surface area contributed by atoms with E-state index in [4.69, 9.17) is 0 Å². The highest BCUT2D eigenvalue weighted by atomic mass is 15.2. The van der Waals surface area contributed by atoms with E-state index in [1.54, 1.807) is 0 Å². The largest absolute Gasteiger partial charge is 0.339 e. The molecule has 46 heavy (non-hydrogen) atoms. The van der Waals surface area contributed by atoms with Crippen LogP contribution in [0.15, 0.2) is 151 Å². The summed E-state index contributed by atoms with van der Waals surface area (Å²) in [4.78, 5) is 5.07. The average molecular weight is 601 g/mol. The molecule has 0 fully saturated rings. The first-order chi connectivity index (χ1) is 22.8. The Morgan fingerprint density at radius 3 is 2.30 bits per heavy atom. The van der Waals surface area contributed by atoms with Gasteiger partial charge in [-0.25, -0.2) is 0 Å². The number of benzene rings is 3. The third-order valence-electron chi connectivity index (χ3n) is 10.5. The van der Waals surface area contributed by atoms with Crippen molar-refractivity contribution in [2.75, 3.05) is 9.80 Å². The zero-order valence-corrected chi connectivity index (χ0v) is 26.7. The minimum atomic E-state index is 0.377. The molecule has 0 saturated carbocycles. The van der Waals surface area contributed by atoms with Gasteiger partial charge in [-0.3, -0.25) is 0 Å². The number of para-hydroxylation sites is 1. The van der Waals surface area contributed by atoms with Crippen molar-refractivity contribution in [3.05, 3.63) is 168 Å². The van der Waals surface area contributed by atoms with Crippen molar-refractivity contribution in [3.8, 4) is 0 Å². The van der Waals surface area contributed by atoms with Gasteiger partial charge in [0, 0.05) is 40.3 Å². The second-order valence-corrected chi connectivity index (χ2v) is 13.4. The number of hydrogen-bond acceptors (Lipinski definition) is 2. The third-order valence-corrected chi connectivity index (χ3v) is 10.5. The highest BCUT2D eigenvalue weighted by Gasteiger charge is 2.30. The van der Waals surface area contributed by atoms with Crippen LogP contribution >= 0.6 is 0 Å². The second-order valence-electron chi connectivity index (χ2n) is 13.4. The molecule has 0 saturated heterocycles. The molecule has 230 valence electrons. The van der Waals surface area contributed by atoms with Gasteiger partial charge in [-0.15, -0.1) is 0 Å². The Morgan fingerprint density at radius 2 is 1.48 bits per heavy atom. The lowest BCUT2D eigenvalue weighted by Gasteiger charge is -2.40. The van der Waals surface area contributed by atoms with Crippen molar-refractivity contribution in [2.24, 2.45) is 11.8 Å². The first-order valence-electron chi connectivity index (χ1n) is 17.4. The van der Waals surface area contributed by atoms with Gasteiger partial charge in [0.15, 0.2) is 0 Å². The van der Waals surface area contributed by atoms with Gasteiger partial charge in [-0.2, -0.15) is 0 Å². The van der Waals surface area contributed by atoms with Crippen LogP contribution in [0.25, 0.3) is 6.08 Å². The maximum absolute atomic E-state index is 2.63. The lowest BCUT2D eigenvalue weighted by molar-refractivity contribution is 0.464. The minimum absolute atomic E-state index is 0.377. The van der Waals surface area contributed by atoms with Crippen LogP contribution in [-0.2, 0) is 6.42 Å². The monoisotopic (exact) mass is 600 g/mol. The summed E-state index contributed by atoms with van der Waals surface area (Å²) >= 11 is 0. The molecule has 0 heterocycles. The molecule has 5 aliphatic carbocycles. The van der Waals surface area contributed by atoms with Crippen LogP contribution in [0.3, 0.4) is 0 Å². The number of allylic oxidation sites excluding steroid dienone is 11. The second kappa shape index (κ2) is 13.0. The van der Waals surface area contributed by atoms with Crippen LogP contribution < -0.4 is 9.80 Å². The van der Waals surface area contributed by atoms with E-state index < -0.39 is 0 Å². The molecule has 0 radical (unpaired) electrons. The van der Waals surface area contributed by atoms with Crippen molar-refractivity contribution >= 4 is 23.1 Å². The first kappa shape index (κ1) is 28.9. The third kappa shape index (κ3) is 5.89. The Kier molecular flexibility index (Phi) is 8.19. The fourth-order valence-corrected chi connectivity index (χ4v) is 8.05. The van der Waals surface area contributed by atoms with Crippen LogP contribution in [-0.4, -0.2) is 6.04 Å². The Balaban J connectivity index is 1.04. The highest BCUT2D eigenvalue weighted by molar-refractivity contribution is 5.74. The SMILES string of the molecule is C1=CC2C=C(N(c3ccccc3)C3C=CC(c4ccc(N(C5=CCCC=C5)c5ccc6c(c5)C=CCC6)cc4)CC3)CCC2C=C1. The van der Waals surface area contributed by atoms with Crippen molar-refractivity contribution in [3.63, 3.8) is 0 Å². The smallest absolute Gasteiger partial charge is 0.0519 e. The molecule has 8 rings (SSSR count). The van der Waals surface area contributed by atoms with E-state index in [1.807, 2.05) is 0 Å². The molecule has 0 aromatic heterocycles. The van der Waals surface area contributed by atoms with Gasteiger partial charge in [0.05, 0.1) is 6.04 Å². The number of anilines is 3. The summed E-state index contributed by atoms with van der Waals surface area (Å²) in [5.74, 6) is 1.59. The first-order valence-corrected chi connectivity index (χ1v) is 17.4. The number of aryl methyl sites for hydroxylation is 1. The molecule has 0 spiro atoms. The quantitative estimate of drug-likeness (QED) is 0.249. The molecule has 0 aliphatic heterocycles. The Bertz CT molecular complexity index is 1760. The van der Waals surface area contributed by atoms with Crippen LogP contribution in [0.5, 0.6) is 0 Å². The molecular weight excluding hydrogens is 556 g/mol. The average Bonchev–Trinajstić information content (AvgIpc) is 3.13. The number of hydrogen-bond donors (Lipinski definition) is 0. The number of fused-ring (bicyclic) bond motifs is 2. The Hall–Kier alpha value is -4.56. The van der Waals surface area contributed by atoms with Gasteiger partial charge in [-0.1, -0.05) is 103 Å². The van der Waals surface area contributed by atoms with Gasteiger partial charge in [-0.05, 0) is 116 Å². The molecule has 2 heteroatoms. The van der Waals surface area contributed by atoms with E-state index in [9.17, 15) is 0 Å². The summed E-state index contributed by atoms with van der Waals surface area (Å²) in [6, 6.07) is 27.8. The molecule has 0 amide bonds. The predicted molar refractivity (Wildman–Crippen MR) is 195 cm³/mol. The fourth-order valence-electron chi connectivity index (χ4n) is 8.05. The summed E-state index contributed by atoms with van der Waals surface area (Å²) < 4.78 is 0. The van der Waals surface area contributed by atoms with Crippen LogP contribution in [0.2, 0.25) is 0 Å². The van der Waals surface area contributed by atoms with Gasteiger partial charge >= 0.3 is 0 Å². The van der Waals surface area contributed by atoms with Gasteiger partial charge in [0.1, 0.15) is 0 Å². The van der Waals surface area contributed by atoms with E-state index in [-0.39, 0.29) is 0 Å². The topological polar surface area (TPSA) is 6.48 Å². The van der Waals surface area contributed by atoms with Gasteiger partial charge in [0.25, 0.3) is 0 Å². The van der Waals surface area contributed by atoms with E-state index in [1.165, 1.54) is 51.6 Å². The maximum atomic E-state index is 2.63. The van der Waals surface area contributed by atoms with E-state index in [2.05, 4.69) is 156 Å². The molecule has 5 aliphatic rings. The zero-order chi connectivity index (χ0) is 30.7. The standard InChI is InChI=1S/C44H44N2/c1-3-15-39(16-4-1)45(43-29-23-33-11-7-9-13-37(33)31-43)41-25-19-35(20-26-41)36-21-27-42(28-22-36)46(40-17-5-2-6-18-40)44-30-24-34-12-8-10-14-38(34)32-44/h1,3-5,7,9-11,13-19,21-22,24-25,27-28,30-33,35,37,41H,2,6,8,12,20,23,26,29H2. The Morgan fingerprint density at radius 1 is 0.630 bits per heavy atom. The molecule has 3 aromatic rings. The fraction of sp³-hybridized carbons (Fsp3) is 0.273. The zero-order valence-electron chi connectivity index (χ0n) is 26.7. The lowest BCUT2D eigenvalue weighted by Crippen LogP contribution is -2.37. The molecule has 2 nitrogen and oxygen atoms in total. The van der Waals surface area contributed by atoms with Crippen molar-refractivity contribution in [2.45, 2.75) is 63.3 Å². The summed E-state index contributed by atoms with van der Waals surface area (Å²) in [6.07, 6.45) is 37.4. The van der Waals surface area contributed by atoms with Gasteiger partial charge in [0.2, 0.25) is 0 Å². The summed E-state index contributed by atoms with van der Waals surface area (Å²) in [5.41, 5.74) is 10.7. The molecule has 0 N–H and O–H groups in total. The normalized spacial score (nSPS) is 24.5. The highest BCUT2D eigenvalue weighted by Crippen LogP contribution is 2.40. The predicted octanol–water partition coefficient (Wildman–Crippen LogP) is 11.4. The number of nitrogens with zero attached hydrogens (tertiary/aromatic N) is 2. The maximum Gasteiger partial charge on any atom is 0.0519 e.